The number of aromatic nitrogens is 2. The Bertz CT molecular complexity index is 1340. The number of rotatable bonds is 7. The van der Waals surface area contributed by atoms with Crippen molar-refractivity contribution in [3.63, 3.8) is 0 Å². The van der Waals surface area contributed by atoms with Gasteiger partial charge >= 0.3 is 5.97 Å². The number of hydrogen-bond acceptors (Lipinski definition) is 5. The lowest BCUT2D eigenvalue weighted by Gasteiger charge is -2.20. The zero-order valence-electron chi connectivity index (χ0n) is 19.0. The van der Waals surface area contributed by atoms with Gasteiger partial charge in [-0.2, -0.15) is 0 Å². The summed E-state index contributed by atoms with van der Waals surface area (Å²) in [5.74, 6) is 0.376. The van der Waals surface area contributed by atoms with Gasteiger partial charge < -0.3 is 15.2 Å². The molecular formula is C27H24FN3O3. The van der Waals surface area contributed by atoms with E-state index in [1.807, 2.05) is 25.1 Å². The van der Waals surface area contributed by atoms with Crippen molar-refractivity contribution in [2.75, 3.05) is 5.32 Å². The molecule has 0 aliphatic heterocycles. The average Bonchev–Trinajstić information content (AvgIpc) is 2.81. The van der Waals surface area contributed by atoms with E-state index in [4.69, 9.17) is 4.74 Å². The highest BCUT2D eigenvalue weighted by molar-refractivity contribution is 5.81. The van der Waals surface area contributed by atoms with Gasteiger partial charge in [-0.3, -0.25) is 4.79 Å². The highest BCUT2D eigenvalue weighted by Crippen LogP contribution is 2.33. The molecule has 172 valence electrons. The number of carboxylic acids is 1. The van der Waals surface area contributed by atoms with Crippen molar-refractivity contribution in [1.29, 1.82) is 0 Å². The van der Waals surface area contributed by atoms with Crippen LogP contribution in [0.3, 0.4) is 0 Å². The van der Waals surface area contributed by atoms with Crippen LogP contribution in [0.5, 0.6) is 11.5 Å². The zero-order chi connectivity index (χ0) is 24.3. The minimum absolute atomic E-state index is 0.320. The Balaban J connectivity index is 1.59. The fourth-order valence-corrected chi connectivity index (χ4v) is 3.37. The van der Waals surface area contributed by atoms with Gasteiger partial charge in [-0.05, 0) is 80.9 Å². The highest BCUT2D eigenvalue weighted by atomic mass is 19.1. The Hall–Kier alpha value is -4.26. The summed E-state index contributed by atoms with van der Waals surface area (Å²) in [6, 6.07) is 20.5. The summed E-state index contributed by atoms with van der Waals surface area (Å²) in [7, 11) is 0. The summed E-state index contributed by atoms with van der Waals surface area (Å²) in [5.41, 5.74) is 2.52. The van der Waals surface area contributed by atoms with Crippen molar-refractivity contribution in [2.45, 2.75) is 26.2 Å². The van der Waals surface area contributed by atoms with Crippen LogP contribution in [-0.4, -0.2) is 21.0 Å². The molecule has 0 fully saturated rings. The van der Waals surface area contributed by atoms with Crippen LogP contribution in [0, 0.1) is 12.7 Å². The van der Waals surface area contributed by atoms with Gasteiger partial charge in [0.05, 0.1) is 5.41 Å². The Morgan fingerprint density at radius 1 is 1.03 bits per heavy atom. The fourth-order valence-electron chi connectivity index (χ4n) is 3.37. The molecule has 0 aliphatic carbocycles. The van der Waals surface area contributed by atoms with E-state index in [0.29, 0.717) is 34.3 Å². The number of carbonyl (C=O) groups is 1. The second-order valence-corrected chi connectivity index (χ2v) is 8.42. The van der Waals surface area contributed by atoms with E-state index in [9.17, 15) is 14.3 Å². The molecule has 4 aromatic rings. The molecule has 7 heteroatoms. The van der Waals surface area contributed by atoms with Gasteiger partial charge in [-0.25, -0.2) is 14.4 Å². The third kappa shape index (κ3) is 5.04. The second-order valence-electron chi connectivity index (χ2n) is 8.42. The molecule has 0 saturated heterocycles. The molecule has 0 atom stereocenters. The van der Waals surface area contributed by atoms with E-state index < -0.39 is 11.4 Å². The van der Waals surface area contributed by atoms with Gasteiger partial charge in [0, 0.05) is 29.2 Å². The predicted molar refractivity (Wildman–Crippen MR) is 129 cm³/mol. The predicted octanol–water partition coefficient (Wildman–Crippen LogP) is 6.49. The molecule has 0 aliphatic rings. The number of nitrogens with zero attached hydrogens (tertiary/aromatic N) is 2. The first-order chi connectivity index (χ1) is 16.2. The molecule has 0 radical (unpaired) electrons. The monoisotopic (exact) mass is 457 g/mol. The number of aryl methyl sites for hydroxylation is 1. The Morgan fingerprint density at radius 3 is 2.53 bits per heavy atom. The number of halogens is 1. The van der Waals surface area contributed by atoms with Crippen LogP contribution in [0.4, 0.5) is 15.9 Å². The van der Waals surface area contributed by atoms with Crippen molar-refractivity contribution in [2.24, 2.45) is 0 Å². The molecule has 0 saturated carbocycles. The van der Waals surface area contributed by atoms with E-state index in [1.54, 1.807) is 62.5 Å². The molecule has 2 N–H and O–H groups in total. The minimum atomic E-state index is -1.02. The molecule has 34 heavy (non-hydrogen) atoms. The summed E-state index contributed by atoms with van der Waals surface area (Å²) < 4.78 is 19.5. The van der Waals surface area contributed by atoms with Crippen LogP contribution in [0.1, 0.15) is 25.1 Å². The quantitative estimate of drug-likeness (QED) is 0.330. The molecule has 0 amide bonds. The maximum Gasteiger partial charge on any atom is 0.313 e. The first-order valence-corrected chi connectivity index (χ1v) is 10.7. The number of benzene rings is 2. The number of aliphatic carboxylic acids is 1. The lowest BCUT2D eigenvalue weighted by atomic mass is 9.84. The summed E-state index contributed by atoms with van der Waals surface area (Å²) in [5, 5.41) is 12.7. The topological polar surface area (TPSA) is 84.3 Å². The summed E-state index contributed by atoms with van der Waals surface area (Å²) >= 11 is 0. The molecule has 0 unspecified atom stereocenters. The Labute approximate surface area is 197 Å². The van der Waals surface area contributed by atoms with Crippen molar-refractivity contribution in [3.8, 4) is 22.8 Å². The van der Waals surface area contributed by atoms with E-state index in [0.717, 1.165) is 11.3 Å². The third-order valence-corrected chi connectivity index (χ3v) is 5.47. The van der Waals surface area contributed by atoms with Crippen LogP contribution < -0.4 is 10.1 Å². The smallest absolute Gasteiger partial charge is 0.313 e. The number of carboxylic acid groups (broad SMARTS) is 1. The third-order valence-electron chi connectivity index (χ3n) is 5.47. The number of ether oxygens (including phenoxy) is 1. The number of nitrogens with one attached hydrogen (secondary N) is 1. The van der Waals surface area contributed by atoms with E-state index in [-0.39, 0.29) is 5.82 Å². The molecule has 2 heterocycles. The second kappa shape index (κ2) is 9.31. The summed E-state index contributed by atoms with van der Waals surface area (Å²) in [4.78, 5) is 20.5. The lowest BCUT2D eigenvalue weighted by molar-refractivity contribution is -0.142. The minimum Gasteiger partial charge on any atom is -0.481 e. The van der Waals surface area contributed by atoms with Crippen LogP contribution in [0.15, 0.2) is 79.0 Å². The van der Waals surface area contributed by atoms with Crippen molar-refractivity contribution < 1.29 is 19.0 Å². The largest absolute Gasteiger partial charge is 0.481 e. The fraction of sp³-hybridized carbons (Fsp3) is 0.148. The van der Waals surface area contributed by atoms with E-state index >= 15 is 0 Å². The highest BCUT2D eigenvalue weighted by Gasteiger charge is 2.29. The summed E-state index contributed by atoms with van der Waals surface area (Å²) in [6.07, 6.45) is 1.61. The summed E-state index contributed by atoms with van der Waals surface area (Å²) in [6.45, 7) is 5.20. The zero-order valence-corrected chi connectivity index (χ0v) is 19.0. The van der Waals surface area contributed by atoms with Gasteiger partial charge in [0.15, 0.2) is 5.75 Å². The lowest BCUT2D eigenvalue weighted by Crippen LogP contribution is -2.28. The molecule has 2 aromatic heterocycles. The van der Waals surface area contributed by atoms with Crippen molar-refractivity contribution in [3.05, 3.63) is 96.1 Å². The maximum absolute atomic E-state index is 13.4. The molecule has 4 rings (SSSR count). The first-order valence-electron chi connectivity index (χ1n) is 10.7. The molecule has 6 nitrogen and oxygen atoms in total. The van der Waals surface area contributed by atoms with Crippen LogP contribution >= 0.6 is 0 Å². The molecular weight excluding hydrogens is 433 g/mol. The average molecular weight is 458 g/mol. The van der Waals surface area contributed by atoms with Crippen LogP contribution in [0.2, 0.25) is 0 Å². The normalized spacial score (nSPS) is 11.2. The van der Waals surface area contributed by atoms with Gasteiger partial charge in [0.1, 0.15) is 23.1 Å². The number of pyridine rings is 2. The first kappa shape index (κ1) is 22.9. The van der Waals surface area contributed by atoms with Crippen LogP contribution in [-0.2, 0) is 10.2 Å². The van der Waals surface area contributed by atoms with E-state index in [1.165, 1.54) is 12.1 Å². The van der Waals surface area contributed by atoms with Crippen molar-refractivity contribution in [1.82, 2.24) is 9.97 Å². The number of anilines is 2. The van der Waals surface area contributed by atoms with Gasteiger partial charge in [0.2, 0.25) is 0 Å². The molecule has 0 spiro atoms. The molecule has 2 aromatic carbocycles. The van der Waals surface area contributed by atoms with Crippen LogP contribution in [0.25, 0.3) is 11.3 Å². The Morgan fingerprint density at radius 2 is 1.79 bits per heavy atom. The van der Waals surface area contributed by atoms with E-state index in [2.05, 4.69) is 15.3 Å². The van der Waals surface area contributed by atoms with Crippen molar-refractivity contribution >= 4 is 17.5 Å². The standard InChI is InChI=1S/C27H24FN3O3/c1-17-7-12-23(25(30-17)18-8-10-20(28)11-9-18)34-22-13-14-29-24(16-22)31-21-6-4-5-19(15-21)27(2,3)26(32)33/h4-16H,1-3H3,(H,29,31)(H,32,33). The maximum atomic E-state index is 13.4. The Kier molecular flexibility index (Phi) is 6.27. The molecule has 0 bridgehead atoms. The van der Waals surface area contributed by atoms with Gasteiger partial charge in [-0.1, -0.05) is 12.1 Å². The number of hydrogen-bond donors (Lipinski definition) is 2. The SMILES string of the molecule is Cc1ccc(Oc2ccnc(Nc3cccc(C(C)(C)C(=O)O)c3)c2)c(-c2ccc(F)cc2)n1. The van der Waals surface area contributed by atoms with Gasteiger partial charge in [0.25, 0.3) is 0 Å². The van der Waals surface area contributed by atoms with Gasteiger partial charge in [-0.15, -0.1) is 0 Å².